The number of hydrogen-bond acceptors (Lipinski definition) is 2. The first-order valence-electron chi connectivity index (χ1n) is 4.72. The minimum Gasteiger partial charge on any atom is -0.292 e. The van der Waals surface area contributed by atoms with E-state index in [0.717, 1.165) is 5.54 Å². The average molecular weight is 188 g/mol. The summed E-state index contributed by atoms with van der Waals surface area (Å²) in [4.78, 5) is 4.66. The van der Waals surface area contributed by atoms with E-state index in [4.69, 9.17) is 0 Å². The molecule has 0 fully saturated rings. The second-order valence-electron chi connectivity index (χ2n) is 4.19. The maximum absolute atomic E-state index is 2.33. The molecule has 0 saturated carbocycles. The van der Waals surface area contributed by atoms with Gasteiger partial charge in [-0.1, -0.05) is 13.3 Å². The van der Waals surface area contributed by atoms with Gasteiger partial charge in [0.25, 0.3) is 0 Å². The average Bonchev–Trinajstić information content (AvgIpc) is 2.00. The van der Waals surface area contributed by atoms with Crippen molar-refractivity contribution >= 4 is 10.2 Å². The SMILES string of the molecule is CCC([SiH3])C(C)(N(C)C)N(C)C. The molecule has 74 valence electrons. The van der Waals surface area contributed by atoms with E-state index in [2.05, 4.69) is 51.8 Å². The van der Waals surface area contributed by atoms with Gasteiger partial charge in [0.2, 0.25) is 0 Å². The van der Waals surface area contributed by atoms with Crippen LogP contribution in [0.2, 0.25) is 5.54 Å². The first-order chi connectivity index (χ1) is 5.37. The highest BCUT2D eigenvalue weighted by Crippen LogP contribution is 2.29. The quantitative estimate of drug-likeness (QED) is 0.465. The highest BCUT2D eigenvalue weighted by atomic mass is 28.1. The molecule has 12 heavy (non-hydrogen) atoms. The lowest BCUT2D eigenvalue weighted by Gasteiger charge is -2.46. The Bertz CT molecular complexity index is 126. The summed E-state index contributed by atoms with van der Waals surface area (Å²) in [6.07, 6.45) is 1.28. The van der Waals surface area contributed by atoms with Crippen molar-refractivity contribution in [2.45, 2.75) is 31.5 Å². The van der Waals surface area contributed by atoms with Crippen molar-refractivity contribution in [3.05, 3.63) is 0 Å². The highest BCUT2D eigenvalue weighted by Gasteiger charge is 2.34. The van der Waals surface area contributed by atoms with Gasteiger partial charge in [0.1, 0.15) is 0 Å². The lowest BCUT2D eigenvalue weighted by molar-refractivity contribution is 0.0138. The van der Waals surface area contributed by atoms with Crippen LogP contribution in [0.3, 0.4) is 0 Å². The van der Waals surface area contributed by atoms with E-state index < -0.39 is 0 Å². The normalized spacial score (nSPS) is 16.0. The van der Waals surface area contributed by atoms with E-state index in [-0.39, 0.29) is 5.66 Å². The molecule has 0 N–H and O–H groups in total. The van der Waals surface area contributed by atoms with Crippen molar-refractivity contribution < 1.29 is 0 Å². The molecular weight excluding hydrogens is 164 g/mol. The lowest BCUT2D eigenvalue weighted by atomic mass is 10.0. The molecule has 3 heteroatoms. The molecule has 0 aliphatic heterocycles. The van der Waals surface area contributed by atoms with Crippen LogP contribution in [0.4, 0.5) is 0 Å². The van der Waals surface area contributed by atoms with E-state index in [1.807, 2.05) is 0 Å². The van der Waals surface area contributed by atoms with E-state index in [1.54, 1.807) is 0 Å². The van der Waals surface area contributed by atoms with Crippen molar-refractivity contribution in [2.24, 2.45) is 0 Å². The zero-order valence-corrected chi connectivity index (χ0v) is 11.7. The molecule has 0 bridgehead atoms. The number of hydrogen-bond donors (Lipinski definition) is 0. The Kier molecular flexibility index (Phi) is 4.44. The molecule has 2 nitrogen and oxygen atoms in total. The summed E-state index contributed by atoms with van der Waals surface area (Å²) in [5.41, 5.74) is 1.06. The monoisotopic (exact) mass is 188 g/mol. The molecule has 0 amide bonds. The summed E-state index contributed by atoms with van der Waals surface area (Å²) in [5, 5.41) is 0. The second kappa shape index (κ2) is 4.39. The fourth-order valence-electron chi connectivity index (χ4n) is 1.67. The number of nitrogens with zero attached hydrogens (tertiary/aromatic N) is 2. The maximum Gasteiger partial charge on any atom is 0.0694 e. The van der Waals surface area contributed by atoms with E-state index in [0.29, 0.717) is 0 Å². The van der Waals surface area contributed by atoms with Crippen LogP contribution >= 0.6 is 0 Å². The Morgan fingerprint density at radius 3 is 1.58 bits per heavy atom. The van der Waals surface area contributed by atoms with Crippen LogP contribution in [0.1, 0.15) is 20.3 Å². The summed E-state index contributed by atoms with van der Waals surface area (Å²) in [6.45, 7) is 4.61. The molecule has 0 aromatic carbocycles. The molecule has 0 saturated heterocycles. The topological polar surface area (TPSA) is 6.48 Å². The summed E-state index contributed by atoms with van der Waals surface area (Å²) >= 11 is 0. The van der Waals surface area contributed by atoms with Gasteiger partial charge in [0.15, 0.2) is 0 Å². The van der Waals surface area contributed by atoms with E-state index in [9.17, 15) is 0 Å². The second-order valence-corrected chi connectivity index (χ2v) is 5.59. The van der Waals surface area contributed by atoms with Crippen molar-refractivity contribution in [3.8, 4) is 0 Å². The Morgan fingerprint density at radius 2 is 1.50 bits per heavy atom. The zero-order valence-electron chi connectivity index (χ0n) is 9.68. The third-order valence-electron chi connectivity index (χ3n) is 3.36. The summed E-state index contributed by atoms with van der Waals surface area (Å²) < 4.78 is 0. The molecule has 0 spiro atoms. The summed E-state index contributed by atoms with van der Waals surface area (Å²) in [7, 11) is 9.93. The van der Waals surface area contributed by atoms with Crippen LogP contribution in [-0.4, -0.2) is 53.9 Å². The molecule has 0 rings (SSSR count). The van der Waals surface area contributed by atoms with Crippen LogP contribution in [0, 0.1) is 0 Å². The molecule has 0 aliphatic rings. The van der Waals surface area contributed by atoms with Crippen molar-refractivity contribution in [3.63, 3.8) is 0 Å². The first kappa shape index (κ1) is 12.1. The van der Waals surface area contributed by atoms with Crippen LogP contribution < -0.4 is 0 Å². The Balaban J connectivity index is 4.61. The molecule has 0 heterocycles. The van der Waals surface area contributed by atoms with Gasteiger partial charge < -0.3 is 0 Å². The van der Waals surface area contributed by atoms with Crippen molar-refractivity contribution in [2.75, 3.05) is 28.2 Å². The third-order valence-corrected chi connectivity index (χ3v) is 5.27. The molecule has 1 unspecified atom stereocenters. The van der Waals surface area contributed by atoms with E-state index in [1.165, 1.54) is 16.7 Å². The van der Waals surface area contributed by atoms with Crippen LogP contribution in [0.15, 0.2) is 0 Å². The maximum atomic E-state index is 2.33. The predicted octanol–water partition coefficient (Wildman–Crippen LogP) is 0.390. The Labute approximate surface area is 80.3 Å². The lowest BCUT2D eigenvalue weighted by Crippen LogP contribution is -2.55. The molecule has 0 aromatic rings. The van der Waals surface area contributed by atoms with Crippen molar-refractivity contribution in [1.29, 1.82) is 0 Å². The largest absolute Gasteiger partial charge is 0.292 e. The third kappa shape index (κ3) is 2.09. The Hall–Kier alpha value is 0.137. The number of rotatable bonds is 4. The van der Waals surface area contributed by atoms with Crippen LogP contribution in [-0.2, 0) is 0 Å². The van der Waals surface area contributed by atoms with Gasteiger partial charge in [0, 0.05) is 10.2 Å². The fraction of sp³-hybridized carbons (Fsp3) is 1.00. The van der Waals surface area contributed by atoms with Crippen LogP contribution in [0.5, 0.6) is 0 Å². The molecule has 1 atom stereocenters. The smallest absolute Gasteiger partial charge is 0.0694 e. The van der Waals surface area contributed by atoms with E-state index >= 15 is 0 Å². The minimum absolute atomic E-state index is 0.237. The van der Waals surface area contributed by atoms with Gasteiger partial charge in [-0.05, 0) is 40.7 Å². The molecule has 0 aromatic heterocycles. The van der Waals surface area contributed by atoms with Gasteiger partial charge in [-0.15, -0.1) is 0 Å². The van der Waals surface area contributed by atoms with Crippen LogP contribution in [0.25, 0.3) is 0 Å². The first-order valence-corrected chi connectivity index (χ1v) is 5.87. The van der Waals surface area contributed by atoms with Gasteiger partial charge in [-0.3, -0.25) is 9.80 Å². The van der Waals surface area contributed by atoms with Gasteiger partial charge in [-0.25, -0.2) is 0 Å². The standard InChI is InChI=1S/C9H24N2Si/c1-7-8(12)9(2,10(3)4)11(5)6/h8H,7H2,1-6,12H3. The van der Waals surface area contributed by atoms with Crippen molar-refractivity contribution in [1.82, 2.24) is 9.80 Å². The Morgan fingerprint density at radius 1 is 1.17 bits per heavy atom. The fourth-order valence-corrected chi connectivity index (χ4v) is 2.70. The molecule has 0 radical (unpaired) electrons. The minimum atomic E-state index is 0.237. The molecular formula is C9H24N2Si. The summed E-state index contributed by atoms with van der Waals surface area (Å²) in [5.74, 6) is 0. The van der Waals surface area contributed by atoms with Gasteiger partial charge >= 0.3 is 0 Å². The van der Waals surface area contributed by atoms with Gasteiger partial charge in [-0.2, -0.15) is 0 Å². The highest BCUT2D eigenvalue weighted by molar-refractivity contribution is 6.12. The van der Waals surface area contributed by atoms with Gasteiger partial charge in [0.05, 0.1) is 5.66 Å². The predicted molar refractivity (Wildman–Crippen MR) is 59.8 cm³/mol. The summed E-state index contributed by atoms with van der Waals surface area (Å²) in [6, 6.07) is 0. The molecule has 0 aliphatic carbocycles. The zero-order chi connectivity index (χ0) is 9.94.